The molecule has 1 saturated heterocycles. The Morgan fingerprint density at radius 3 is 2.83 bits per heavy atom. The highest BCUT2D eigenvalue weighted by molar-refractivity contribution is 8.00. The van der Waals surface area contributed by atoms with Gasteiger partial charge in [-0.25, -0.2) is 4.79 Å². The lowest BCUT2D eigenvalue weighted by Crippen LogP contribution is -2.15. The molecule has 0 aromatic heterocycles. The first kappa shape index (κ1) is 13.2. The summed E-state index contributed by atoms with van der Waals surface area (Å²) in [6.45, 7) is 1.03. The molecular weight excluding hydrogens is 250 g/mol. The number of ether oxygens (including phenoxy) is 2. The predicted octanol–water partition coefficient (Wildman–Crippen LogP) is 1.44. The molecule has 1 aromatic rings. The fourth-order valence-electron chi connectivity index (χ4n) is 1.77. The molecule has 0 bridgehead atoms. The van der Waals surface area contributed by atoms with Gasteiger partial charge >= 0.3 is 5.97 Å². The van der Waals surface area contributed by atoms with Crippen molar-refractivity contribution >= 4 is 17.7 Å². The molecule has 0 saturated carbocycles. The molecule has 4 nitrogen and oxygen atoms in total. The molecule has 0 radical (unpaired) electrons. The standard InChI is InChI=1S/C13H17NO3S/c1-16-13(15)8-17-11-4-2-10(3-5-11)6-12-7-14-9-18-12/h2-5,12,14H,6-9H2,1H3. The molecule has 2 rings (SSSR count). The van der Waals surface area contributed by atoms with Gasteiger partial charge in [-0.15, -0.1) is 11.8 Å². The SMILES string of the molecule is COC(=O)COc1ccc(CC2CNCS2)cc1. The fourth-order valence-corrected chi connectivity index (χ4v) is 2.79. The highest BCUT2D eigenvalue weighted by atomic mass is 32.2. The van der Waals surface area contributed by atoms with Crippen molar-refractivity contribution in [3.63, 3.8) is 0 Å². The molecule has 1 heterocycles. The van der Waals surface area contributed by atoms with Crippen LogP contribution in [0.2, 0.25) is 0 Å². The van der Waals surface area contributed by atoms with Crippen molar-refractivity contribution in [3.05, 3.63) is 29.8 Å². The van der Waals surface area contributed by atoms with Crippen molar-refractivity contribution in [1.82, 2.24) is 5.32 Å². The first-order valence-electron chi connectivity index (χ1n) is 5.89. The molecule has 1 atom stereocenters. The van der Waals surface area contributed by atoms with Crippen molar-refractivity contribution < 1.29 is 14.3 Å². The number of thioether (sulfide) groups is 1. The van der Waals surface area contributed by atoms with Crippen LogP contribution < -0.4 is 10.1 Å². The van der Waals surface area contributed by atoms with Crippen LogP contribution in [0.4, 0.5) is 0 Å². The first-order chi connectivity index (χ1) is 8.78. The van der Waals surface area contributed by atoms with Gasteiger partial charge in [0.15, 0.2) is 6.61 Å². The maximum atomic E-state index is 10.9. The minimum Gasteiger partial charge on any atom is -0.482 e. The number of esters is 1. The average molecular weight is 267 g/mol. The second-order valence-electron chi connectivity index (χ2n) is 4.10. The van der Waals surface area contributed by atoms with E-state index in [0.29, 0.717) is 11.0 Å². The van der Waals surface area contributed by atoms with E-state index in [-0.39, 0.29) is 12.6 Å². The molecule has 1 aliphatic rings. The number of rotatable bonds is 5. The normalized spacial score (nSPS) is 18.6. The summed E-state index contributed by atoms with van der Waals surface area (Å²) in [5, 5.41) is 3.99. The molecule has 0 aliphatic carbocycles. The van der Waals surface area contributed by atoms with E-state index >= 15 is 0 Å². The number of benzene rings is 1. The van der Waals surface area contributed by atoms with E-state index in [4.69, 9.17) is 4.74 Å². The fraction of sp³-hybridized carbons (Fsp3) is 0.462. The molecule has 18 heavy (non-hydrogen) atoms. The summed E-state index contributed by atoms with van der Waals surface area (Å²) in [6, 6.07) is 7.88. The van der Waals surface area contributed by atoms with Crippen molar-refractivity contribution in [2.24, 2.45) is 0 Å². The number of hydrogen-bond donors (Lipinski definition) is 1. The molecule has 1 fully saturated rings. The smallest absolute Gasteiger partial charge is 0.343 e. The first-order valence-corrected chi connectivity index (χ1v) is 6.93. The number of nitrogens with one attached hydrogen (secondary N) is 1. The number of methoxy groups -OCH3 is 1. The minimum absolute atomic E-state index is 0.0434. The van der Waals surface area contributed by atoms with Gasteiger partial charge < -0.3 is 14.8 Å². The van der Waals surface area contributed by atoms with E-state index in [1.54, 1.807) is 0 Å². The molecule has 98 valence electrons. The summed E-state index contributed by atoms with van der Waals surface area (Å²) in [4.78, 5) is 10.9. The minimum atomic E-state index is -0.368. The lowest BCUT2D eigenvalue weighted by molar-refractivity contribution is -0.142. The zero-order valence-corrected chi connectivity index (χ0v) is 11.2. The molecule has 0 spiro atoms. The van der Waals surface area contributed by atoms with Crippen molar-refractivity contribution in [1.29, 1.82) is 0 Å². The van der Waals surface area contributed by atoms with Crippen LogP contribution in [0.5, 0.6) is 5.75 Å². The molecule has 1 unspecified atom stereocenters. The van der Waals surface area contributed by atoms with Gasteiger partial charge in [-0.05, 0) is 24.1 Å². The maximum absolute atomic E-state index is 10.9. The topological polar surface area (TPSA) is 47.6 Å². The maximum Gasteiger partial charge on any atom is 0.343 e. The quantitative estimate of drug-likeness (QED) is 0.818. The monoisotopic (exact) mass is 267 g/mol. The van der Waals surface area contributed by atoms with Crippen LogP contribution >= 0.6 is 11.8 Å². The molecule has 1 aliphatic heterocycles. The Morgan fingerprint density at radius 1 is 1.44 bits per heavy atom. The Bertz CT molecular complexity index is 388. The van der Waals surface area contributed by atoms with Crippen LogP contribution in [0.3, 0.4) is 0 Å². The number of carbonyl (C=O) groups is 1. The van der Waals surface area contributed by atoms with Gasteiger partial charge in [-0.1, -0.05) is 12.1 Å². The third-order valence-electron chi connectivity index (χ3n) is 2.76. The highest BCUT2D eigenvalue weighted by Crippen LogP contribution is 2.21. The lowest BCUT2D eigenvalue weighted by atomic mass is 10.1. The Morgan fingerprint density at radius 2 is 2.22 bits per heavy atom. The van der Waals surface area contributed by atoms with Gasteiger partial charge in [0, 0.05) is 17.7 Å². The zero-order chi connectivity index (χ0) is 12.8. The number of carbonyl (C=O) groups excluding carboxylic acids is 1. The third-order valence-corrected chi connectivity index (χ3v) is 3.94. The summed E-state index contributed by atoms with van der Waals surface area (Å²) in [6.07, 6.45) is 1.06. The largest absolute Gasteiger partial charge is 0.482 e. The lowest BCUT2D eigenvalue weighted by Gasteiger charge is -2.09. The summed E-state index contributed by atoms with van der Waals surface area (Å²) >= 11 is 1.96. The van der Waals surface area contributed by atoms with Gasteiger partial charge in [0.1, 0.15) is 5.75 Å². The summed E-state index contributed by atoms with van der Waals surface area (Å²) in [5.41, 5.74) is 1.29. The van der Waals surface area contributed by atoms with E-state index in [9.17, 15) is 4.79 Å². The Hall–Kier alpha value is -1.20. The molecule has 5 heteroatoms. The van der Waals surface area contributed by atoms with Crippen LogP contribution in [0, 0.1) is 0 Å². The molecule has 1 aromatic carbocycles. The van der Waals surface area contributed by atoms with Crippen molar-refractivity contribution in [3.8, 4) is 5.75 Å². The van der Waals surface area contributed by atoms with Gasteiger partial charge in [0.2, 0.25) is 0 Å². The van der Waals surface area contributed by atoms with Crippen molar-refractivity contribution in [2.45, 2.75) is 11.7 Å². The van der Waals surface area contributed by atoms with Crippen LogP contribution in [-0.2, 0) is 16.0 Å². The highest BCUT2D eigenvalue weighted by Gasteiger charge is 2.15. The van der Waals surface area contributed by atoms with E-state index in [2.05, 4.69) is 10.1 Å². The molecule has 0 amide bonds. The van der Waals surface area contributed by atoms with Gasteiger partial charge in [-0.2, -0.15) is 0 Å². The van der Waals surface area contributed by atoms with E-state index in [1.165, 1.54) is 12.7 Å². The Kier molecular flexibility index (Phi) is 4.90. The Labute approximate surface area is 111 Å². The van der Waals surface area contributed by atoms with Crippen LogP contribution in [0.1, 0.15) is 5.56 Å². The van der Waals surface area contributed by atoms with Gasteiger partial charge in [0.05, 0.1) is 7.11 Å². The van der Waals surface area contributed by atoms with E-state index in [1.807, 2.05) is 36.0 Å². The second kappa shape index (κ2) is 6.66. The van der Waals surface area contributed by atoms with Crippen LogP contribution in [0.15, 0.2) is 24.3 Å². The third kappa shape index (κ3) is 3.92. The van der Waals surface area contributed by atoms with E-state index < -0.39 is 0 Å². The second-order valence-corrected chi connectivity index (χ2v) is 5.39. The summed E-state index contributed by atoms with van der Waals surface area (Å²) in [7, 11) is 1.35. The van der Waals surface area contributed by atoms with Gasteiger partial charge in [-0.3, -0.25) is 0 Å². The average Bonchev–Trinajstić information content (AvgIpc) is 2.90. The molecule has 1 N–H and O–H groups in total. The summed E-state index contributed by atoms with van der Waals surface area (Å²) in [5.74, 6) is 1.37. The predicted molar refractivity (Wildman–Crippen MR) is 71.9 cm³/mol. The van der Waals surface area contributed by atoms with Crippen LogP contribution in [-0.4, -0.2) is 37.4 Å². The van der Waals surface area contributed by atoms with Crippen molar-refractivity contribution in [2.75, 3.05) is 26.1 Å². The zero-order valence-electron chi connectivity index (χ0n) is 10.3. The van der Waals surface area contributed by atoms with Gasteiger partial charge in [0.25, 0.3) is 0 Å². The van der Waals surface area contributed by atoms with Crippen LogP contribution in [0.25, 0.3) is 0 Å². The number of hydrogen-bond acceptors (Lipinski definition) is 5. The summed E-state index contributed by atoms with van der Waals surface area (Å²) < 4.78 is 9.80. The molecular formula is C13H17NO3S. The van der Waals surface area contributed by atoms with E-state index in [0.717, 1.165) is 18.8 Å². The Balaban J connectivity index is 1.82.